The summed E-state index contributed by atoms with van der Waals surface area (Å²) in [6.07, 6.45) is 4.45. The third-order valence-corrected chi connectivity index (χ3v) is 3.41. The van der Waals surface area contributed by atoms with Gasteiger partial charge in [0, 0.05) is 31.4 Å². The van der Waals surface area contributed by atoms with Gasteiger partial charge >= 0.3 is 6.09 Å². The lowest BCUT2D eigenvalue weighted by molar-refractivity contribution is 0.0471. The summed E-state index contributed by atoms with van der Waals surface area (Å²) in [5.74, 6) is 0.631. The summed E-state index contributed by atoms with van der Waals surface area (Å²) >= 11 is 0. The van der Waals surface area contributed by atoms with Crippen molar-refractivity contribution in [3.8, 4) is 17.0 Å². The summed E-state index contributed by atoms with van der Waals surface area (Å²) in [7, 11) is 1.84. The van der Waals surface area contributed by atoms with Crippen LogP contribution in [-0.2, 0) is 11.9 Å². The summed E-state index contributed by atoms with van der Waals surface area (Å²) in [4.78, 5) is 20.1. The largest absolute Gasteiger partial charge is 0.487 e. The van der Waals surface area contributed by atoms with E-state index in [9.17, 15) is 4.79 Å². The van der Waals surface area contributed by atoms with Crippen LogP contribution in [0.25, 0.3) is 11.3 Å². The van der Waals surface area contributed by atoms with Gasteiger partial charge in [0.2, 0.25) is 0 Å². The molecule has 0 bridgehead atoms. The number of aromatic nitrogens is 3. The second-order valence-electron chi connectivity index (χ2n) is 5.31. The number of nitrogens with zero attached hydrogens (tertiary/aromatic N) is 4. The smallest absolute Gasteiger partial charge is 0.404 e. The summed E-state index contributed by atoms with van der Waals surface area (Å²) in [6, 6.07) is 3.63. The molecular weight excluding hydrogens is 314 g/mol. The minimum absolute atomic E-state index is 0.152. The van der Waals surface area contributed by atoms with Gasteiger partial charge in [-0.1, -0.05) is 5.16 Å². The van der Waals surface area contributed by atoms with Crippen LogP contribution in [0.15, 0.2) is 35.9 Å². The van der Waals surface area contributed by atoms with Crippen molar-refractivity contribution in [2.45, 2.75) is 12.5 Å². The standard InChI is InChI=1S/C15H17N5O4/c1-20-8-10(6-18-20)14-13(3-2-4-16-14)23-9-12-5-11(19-24-12)7-17-15(21)22/h2-4,6,8,12,17H,5,7,9H2,1H3,(H,21,22). The molecule has 0 aromatic carbocycles. The van der Waals surface area contributed by atoms with Crippen molar-refractivity contribution >= 4 is 11.8 Å². The first kappa shape index (κ1) is 15.8. The van der Waals surface area contributed by atoms with Crippen molar-refractivity contribution in [1.82, 2.24) is 20.1 Å². The molecule has 1 unspecified atom stereocenters. The Balaban J connectivity index is 1.58. The maximum absolute atomic E-state index is 10.5. The minimum Gasteiger partial charge on any atom is -0.487 e. The van der Waals surface area contributed by atoms with Crippen LogP contribution in [0.3, 0.4) is 0 Å². The van der Waals surface area contributed by atoms with E-state index in [1.165, 1.54) is 0 Å². The van der Waals surface area contributed by atoms with Gasteiger partial charge in [-0.3, -0.25) is 9.67 Å². The predicted molar refractivity (Wildman–Crippen MR) is 84.9 cm³/mol. The highest BCUT2D eigenvalue weighted by molar-refractivity contribution is 5.89. The Hall–Kier alpha value is -3.10. The van der Waals surface area contributed by atoms with Gasteiger partial charge in [-0.2, -0.15) is 5.10 Å². The minimum atomic E-state index is -1.09. The van der Waals surface area contributed by atoms with Crippen molar-refractivity contribution in [3.63, 3.8) is 0 Å². The number of oxime groups is 1. The molecule has 0 aliphatic carbocycles. The van der Waals surface area contributed by atoms with Gasteiger partial charge in [-0.15, -0.1) is 0 Å². The molecule has 0 saturated heterocycles. The first-order valence-corrected chi connectivity index (χ1v) is 7.37. The molecule has 2 aromatic heterocycles. The van der Waals surface area contributed by atoms with E-state index in [1.54, 1.807) is 23.1 Å². The van der Waals surface area contributed by atoms with Crippen molar-refractivity contribution in [1.29, 1.82) is 0 Å². The summed E-state index contributed by atoms with van der Waals surface area (Å²) < 4.78 is 7.52. The first-order valence-electron chi connectivity index (χ1n) is 7.37. The number of ether oxygens (including phenoxy) is 1. The van der Waals surface area contributed by atoms with Crippen LogP contribution in [-0.4, -0.2) is 50.9 Å². The number of amides is 1. The quantitative estimate of drug-likeness (QED) is 0.825. The maximum atomic E-state index is 10.5. The third kappa shape index (κ3) is 3.80. The predicted octanol–water partition coefficient (Wildman–Crippen LogP) is 1.27. The van der Waals surface area contributed by atoms with Crippen LogP contribution >= 0.6 is 0 Å². The van der Waals surface area contributed by atoms with Gasteiger partial charge in [0.05, 0.1) is 18.5 Å². The molecule has 1 aliphatic rings. The molecule has 9 nitrogen and oxygen atoms in total. The molecule has 3 rings (SSSR count). The van der Waals surface area contributed by atoms with Crippen LogP contribution < -0.4 is 10.1 Å². The number of aryl methyl sites for hydroxylation is 1. The molecule has 2 N–H and O–H groups in total. The van der Waals surface area contributed by atoms with E-state index in [0.29, 0.717) is 30.2 Å². The fourth-order valence-corrected chi connectivity index (χ4v) is 2.31. The lowest BCUT2D eigenvalue weighted by Crippen LogP contribution is -2.28. The number of nitrogens with one attached hydrogen (secondary N) is 1. The zero-order chi connectivity index (χ0) is 16.9. The third-order valence-electron chi connectivity index (χ3n) is 3.41. The van der Waals surface area contributed by atoms with E-state index >= 15 is 0 Å². The second kappa shape index (κ2) is 6.99. The Morgan fingerprint density at radius 1 is 1.58 bits per heavy atom. The molecule has 0 fully saturated rings. The fourth-order valence-electron chi connectivity index (χ4n) is 2.31. The van der Waals surface area contributed by atoms with Crippen LogP contribution in [0.1, 0.15) is 6.42 Å². The Morgan fingerprint density at radius 3 is 3.21 bits per heavy atom. The normalized spacial score (nSPS) is 16.4. The van der Waals surface area contributed by atoms with Crippen LogP contribution in [0.4, 0.5) is 4.79 Å². The average Bonchev–Trinajstić information content (AvgIpc) is 3.20. The van der Waals surface area contributed by atoms with E-state index < -0.39 is 6.09 Å². The monoisotopic (exact) mass is 331 g/mol. The van der Waals surface area contributed by atoms with E-state index in [0.717, 1.165) is 5.56 Å². The number of carbonyl (C=O) groups is 1. The molecule has 2 aromatic rings. The molecule has 0 radical (unpaired) electrons. The highest BCUT2D eigenvalue weighted by atomic mass is 16.7. The van der Waals surface area contributed by atoms with Gasteiger partial charge in [0.15, 0.2) is 6.10 Å². The Labute approximate surface area is 137 Å². The molecule has 0 saturated carbocycles. The van der Waals surface area contributed by atoms with Crippen LogP contribution in [0.2, 0.25) is 0 Å². The molecule has 24 heavy (non-hydrogen) atoms. The van der Waals surface area contributed by atoms with E-state index in [1.807, 2.05) is 19.3 Å². The number of hydrogen-bond acceptors (Lipinski definition) is 6. The van der Waals surface area contributed by atoms with Crippen LogP contribution in [0, 0.1) is 0 Å². The zero-order valence-corrected chi connectivity index (χ0v) is 13.0. The summed E-state index contributed by atoms with van der Waals surface area (Å²) in [5, 5.41) is 18.9. The average molecular weight is 331 g/mol. The first-order chi connectivity index (χ1) is 11.6. The Morgan fingerprint density at radius 2 is 2.46 bits per heavy atom. The summed E-state index contributed by atoms with van der Waals surface area (Å²) in [5.41, 5.74) is 2.21. The van der Waals surface area contributed by atoms with Gasteiger partial charge in [0.25, 0.3) is 0 Å². The highest BCUT2D eigenvalue weighted by Crippen LogP contribution is 2.27. The SMILES string of the molecule is Cn1cc(-c2ncccc2OCC2CC(CNC(=O)O)=NO2)cn1. The molecule has 126 valence electrons. The highest BCUT2D eigenvalue weighted by Gasteiger charge is 2.22. The topological polar surface area (TPSA) is 111 Å². The number of pyridine rings is 1. The lowest BCUT2D eigenvalue weighted by atomic mass is 10.2. The lowest BCUT2D eigenvalue weighted by Gasteiger charge is -2.12. The Kier molecular flexibility index (Phi) is 4.59. The van der Waals surface area contributed by atoms with E-state index in [4.69, 9.17) is 14.7 Å². The zero-order valence-electron chi connectivity index (χ0n) is 13.0. The Bertz CT molecular complexity index is 758. The fraction of sp³-hybridized carbons (Fsp3) is 0.333. The molecule has 1 aliphatic heterocycles. The molecule has 9 heteroatoms. The van der Waals surface area contributed by atoms with Crippen molar-refractivity contribution < 1.29 is 19.5 Å². The molecular formula is C15H17N5O4. The second-order valence-corrected chi connectivity index (χ2v) is 5.31. The van der Waals surface area contributed by atoms with Gasteiger partial charge in [0.1, 0.15) is 18.1 Å². The molecule has 1 amide bonds. The van der Waals surface area contributed by atoms with E-state index in [2.05, 4.69) is 20.6 Å². The van der Waals surface area contributed by atoms with Gasteiger partial charge < -0.3 is 20.0 Å². The van der Waals surface area contributed by atoms with Crippen LogP contribution in [0.5, 0.6) is 5.75 Å². The molecule has 3 heterocycles. The number of rotatable bonds is 6. The van der Waals surface area contributed by atoms with Crippen molar-refractivity contribution in [2.75, 3.05) is 13.2 Å². The van der Waals surface area contributed by atoms with Gasteiger partial charge in [-0.05, 0) is 12.1 Å². The van der Waals surface area contributed by atoms with Crippen molar-refractivity contribution in [3.05, 3.63) is 30.7 Å². The van der Waals surface area contributed by atoms with Gasteiger partial charge in [-0.25, -0.2) is 4.79 Å². The maximum Gasteiger partial charge on any atom is 0.404 e. The van der Waals surface area contributed by atoms with Crippen molar-refractivity contribution in [2.24, 2.45) is 12.2 Å². The number of carboxylic acid groups (broad SMARTS) is 1. The van der Waals surface area contributed by atoms with E-state index in [-0.39, 0.29) is 12.6 Å². The molecule has 0 spiro atoms. The summed E-state index contributed by atoms with van der Waals surface area (Å²) in [6.45, 7) is 0.443. The number of hydrogen-bond donors (Lipinski definition) is 2. The molecule has 1 atom stereocenters.